The van der Waals surface area contributed by atoms with E-state index in [0.717, 1.165) is 0 Å². The summed E-state index contributed by atoms with van der Waals surface area (Å²) < 4.78 is 64.5. The first-order valence-corrected chi connectivity index (χ1v) is 11.4. The molecule has 13 heteroatoms. The van der Waals surface area contributed by atoms with Crippen LogP contribution in [0.3, 0.4) is 0 Å². The van der Waals surface area contributed by atoms with E-state index in [-0.39, 0.29) is 39.0 Å². The molecule has 2 aliphatic carbocycles. The van der Waals surface area contributed by atoms with Crippen molar-refractivity contribution in [3.05, 3.63) is 92.7 Å². The Morgan fingerprint density at radius 1 is 0.515 bits per heavy atom. The Kier molecular flexibility index (Phi) is 7.48. The van der Waals surface area contributed by atoms with Gasteiger partial charge >= 0.3 is 16.8 Å². The van der Waals surface area contributed by atoms with Gasteiger partial charge in [0.2, 0.25) is 11.6 Å². The fourth-order valence-corrected chi connectivity index (χ4v) is 4.13. The van der Waals surface area contributed by atoms with Crippen molar-refractivity contribution >= 4 is 43.4 Å². The topological polar surface area (TPSA) is 183 Å². The van der Waals surface area contributed by atoms with Gasteiger partial charge in [-0.25, -0.2) is 16.8 Å². The molecule has 0 fully saturated rings. The molecule has 0 saturated carbocycles. The minimum atomic E-state index is -4.91. The Hall–Kier alpha value is -3.07. The Morgan fingerprint density at radius 3 is 1.06 bits per heavy atom. The molecule has 0 N–H and O–H groups in total. The first-order chi connectivity index (χ1) is 14.8. The molecule has 2 aromatic rings. The summed E-state index contributed by atoms with van der Waals surface area (Å²) in [6.45, 7) is 0. The van der Waals surface area contributed by atoms with Gasteiger partial charge in [-0.15, -0.1) is 0 Å². The molecule has 2 aliphatic rings. The van der Waals surface area contributed by atoms with Crippen molar-refractivity contribution in [1.29, 1.82) is 0 Å². The fourth-order valence-electron chi connectivity index (χ4n) is 2.95. The van der Waals surface area contributed by atoms with Gasteiger partial charge in [-0.2, -0.15) is 0 Å². The molecule has 4 rings (SSSR count). The van der Waals surface area contributed by atoms with Gasteiger partial charge in [-0.05, 0) is 0 Å². The maximum atomic E-state index is 11.6. The third kappa shape index (κ3) is 5.30. The van der Waals surface area contributed by atoms with Crippen molar-refractivity contribution in [3.63, 3.8) is 0 Å². The average molecular weight is 533 g/mol. The number of hydrogen-bond donors (Lipinski definition) is 0. The number of Topliss-reactive ketones (excluding diaryl/α,β-unsaturated/α-hetero) is 2. The summed E-state index contributed by atoms with van der Waals surface area (Å²) in [5.74, 6) is -3.15. The molecule has 0 unspecified atom stereocenters. The molecule has 10 nitrogen and oxygen atoms in total. The van der Waals surface area contributed by atoms with E-state index in [1.54, 1.807) is 12.1 Å². The third-order valence-corrected chi connectivity index (χ3v) is 6.07. The first kappa shape index (κ1) is 26.2. The van der Waals surface area contributed by atoms with E-state index in [2.05, 4.69) is 0 Å². The number of rotatable bonds is 2. The Balaban J connectivity index is 0.000000227. The molecule has 0 aromatic heterocycles. The number of fused-ring (bicyclic) bond motifs is 2. The SMILES string of the molecule is O=C1C=C(S(=O)(=O)[O-])C(=O)c2ccccc21.O=C1C=C(S(=O)(=O)[O-])C(=O)c2ccccc21.[Co+2]. The number of carbonyl (C=O) groups excluding carboxylic acids is 4. The molecule has 0 amide bonds. The minimum Gasteiger partial charge on any atom is -0.744 e. The van der Waals surface area contributed by atoms with Gasteiger partial charge in [-0.3, -0.25) is 19.2 Å². The van der Waals surface area contributed by atoms with Crippen LogP contribution in [0.15, 0.2) is 70.5 Å². The maximum Gasteiger partial charge on any atom is 2.00 e. The summed E-state index contributed by atoms with van der Waals surface area (Å²) in [5.41, 5.74) is 0.119. The first-order valence-electron chi connectivity index (χ1n) is 8.53. The van der Waals surface area contributed by atoms with Gasteiger partial charge in [0.25, 0.3) is 0 Å². The quantitative estimate of drug-likeness (QED) is 0.505. The van der Waals surface area contributed by atoms with Crippen LogP contribution in [0.2, 0.25) is 0 Å². The molecule has 33 heavy (non-hydrogen) atoms. The van der Waals surface area contributed by atoms with Crippen LogP contribution in [0.25, 0.3) is 0 Å². The summed E-state index contributed by atoms with van der Waals surface area (Å²) in [7, 11) is -9.82. The van der Waals surface area contributed by atoms with E-state index in [4.69, 9.17) is 0 Å². The molecule has 171 valence electrons. The molecule has 0 aliphatic heterocycles. The molecule has 0 spiro atoms. The molecule has 0 bridgehead atoms. The van der Waals surface area contributed by atoms with Crippen LogP contribution in [-0.2, 0) is 37.0 Å². The average Bonchev–Trinajstić information content (AvgIpc) is 2.72. The van der Waals surface area contributed by atoms with Crippen LogP contribution in [0.4, 0.5) is 0 Å². The van der Waals surface area contributed by atoms with E-state index >= 15 is 0 Å². The monoisotopic (exact) mass is 533 g/mol. The van der Waals surface area contributed by atoms with E-state index in [9.17, 15) is 45.1 Å². The molecule has 2 aromatic carbocycles. The van der Waals surface area contributed by atoms with Crippen molar-refractivity contribution < 1.29 is 61.9 Å². The zero-order valence-corrected chi connectivity index (χ0v) is 18.7. The van der Waals surface area contributed by atoms with E-state index in [0.29, 0.717) is 12.2 Å². The maximum absolute atomic E-state index is 11.6. The summed E-state index contributed by atoms with van der Waals surface area (Å²) >= 11 is 0. The number of benzene rings is 2. The number of carbonyl (C=O) groups is 4. The van der Waals surface area contributed by atoms with Gasteiger partial charge in [0, 0.05) is 34.4 Å². The summed E-state index contributed by atoms with van der Waals surface area (Å²) in [5, 5.41) is 0. The Labute approximate surface area is 197 Å². The van der Waals surface area contributed by atoms with Crippen molar-refractivity contribution in [2.24, 2.45) is 0 Å². The third-order valence-electron chi connectivity index (χ3n) is 4.38. The van der Waals surface area contributed by atoms with Crippen LogP contribution in [0.1, 0.15) is 41.4 Å². The van der Waals surface area contributed by atoms with Crippen molar-refractivity contribution in [1.82, 2.24) is 0 Å². The normalized spacial score (nSPS) is 15.2. The number of allylic oxidation sites excluding steroid dienone is 4. The van der Waals surface area contributed by atoms with Crippen molar-refractivity contribution in [2.75, 3.05) is 0 Å². The Bertz CT molecular complexity index is 1370. The van der Waals surface area contributed by atoms with Gasteiger partial charge in [0.15, 0.2) is 11.6 Å². The molecule has 0 saturated heterocycles. The smallest absolute Gasteiger partial charge is 0.744 e. The molecular weight excluding hydrogens is 523 g/mol. The standard InChI is InChI=1S/2C10H6O5S.Co/c2*11-8-5-9(16(13,14)15)10(12)7-4-2-1-3-6(7)8;/h2*1-5H,(H,13,14,15);/q;;+2/p-2. The second-order valence-electron chi connectivity index (χ2n) is 6.40. The van der Waals surface area contributed by atoms with Crippen molar-refractivity contribution in [2.45, 2.75) is 0 Å². The second kappa shape index (κ2) is 9.42. The van der Waals surface area contributed by atoms with Gasteiger partial charge in [0.1, 0.15) is 30.0 Å². The van der Waals surface area contributed by atoms with E-state index in [1.165, 1.54) is 36.4 Å². The summed E-state index contributed by atoms with van der Waals surface area (Å²) in [6.07, 6.45) is 1.15. The van der Waals surface area contributed by atoms with Gasteiger partial charge < -0.3 is 9.11 Å². The second-order valence-corrected chi connectivity index (χ2v) is 9.10. The molecule has 1 radical (unpaired) electrons. The Morgan fingerprint density at radius 2 is 0.788 bits per heavy atom. The minimum absolute atomic E-state index is 0. The van der Waals surface area contributed by atoms with E-state index < -0.39 is 53.2 Å². The van der Waals surface area contributed by atoms with Gasteiger partial charge in [0.05, 0.1) is 0 Å². The van der Waals surface area contributed by atoms with E-state index in [1.807, 2.05) is 0 Å². The predicted molar refractivity (Wildman–Crippen MR) is 106 cm³/mol. The largest absolute Gasteiger partial charge is 2.00 e. The van der Waals surface area contributed by atoms with Gasteiger partial charge in [-0.1, -0.05) is 48.5 Å². The molecular formula is C20H10CoO10S2. The zero-order chi connectivity index (χ0) is 23.8. The predicted octanol–water partition coefficient (Wildman–Crippen LogP) is 0.987. The van der Waals surface area contributed by atoms with Crippen LogP contribution >= 0.6 is 0 Å². The van der Waals surface area contributed by atoms with Crippen LogP contribution in [0, 0.1) is 0 Å². The number of hydrogen-bond acceptors (Lipinski definition) is 10. The van der Waals surface area contributed by atoms with Crippen LogP contribution < -0.4 is 0 Å². The fraction of sp³-hybridized carbons (Fsp3) is 0. The molecule has 0 heterocycles. The molecule has 0 atom stereocenters. The van der Waals surface area contributed by atoms with Crippen molar-refractivity contribution in [3.8, 4) is 0 Å². The summed E-state index contributed by atoms with van der Waals surface area (Å²) in [4.78, 5) is 44.2. The summed E-state index contributed by atoms with van der Waals surface area (Å²) in [6, 6.07) is 11.5. The zero-order valence-electron chi connectivity index (χ0n) is 16.0. The number of ketones is 4. The van der Waals surface area contributed by atoms with Crippen LogP contribution in [0.5, 0.6) is 0 Å². The van der Waals surface area contributed by atoms with Crippen LogP contribution in [-0.4, -0.2) is 49.1 Å².